The van der Waals surface area contributed by atoms with Crippen LogP contribution in [0.5, 0.6) is 0 Å². The van der Waals surface area contributed by atoms with Crippen LogP contribution < -0.4 is 5.32 Å². The number of nitrogens with one attached hydrogen (secondary N) is 1. The first-order valence-corrected chi connectivity index (χ1v) is 7.66. The van der Waals surface area contributed by atoms with Gasteiger partial charge in [-0.3, -0.25) is 9.67 Å². The largest absolute Gasteiger partial charge is 0.396 e. The number of aromatic nitrogens is 2. The zero-order valence-corrected chi connectivity index (χ0v) is 16.5. The summed E-state index contributed by atoms with van der Waals surface area (Å²) >= 11 is 0. The predicted molar refractivity (Wildman–Crippen MR) is 101 cm³/mol. The van der Waals surface area contributed by atoms with Crippen molar-refractivity contribution in [1.82, 2.24) is 20.0 Å². The van der Waals surface area contributed by atoms with Gasteiger partial charge in [-0.05, 0) is 12.8 Å². The van der Waals surface area contributed by atoms with Gasteiger partial charge in [0.05, 0.1) is 12.8 Å². The van der Waals surface area contributed by atoms with Crippen LogP contribution in [0.4, 0.5) is 0 Å². The van der Waals surface area contributed by atoms with Crippen LogP contribution in [0.3, 0.4) is 0 Å². The van der Waals surface area contributed by atoms with Crippen molar-refractivity contribution >= 4 is 29.9 Å². The zero-order chi connectivity index (χ0) is 16.0. The third-order valence-electron chi connectivity index (χ3n) is 4.26. The van der Waals surface area contributed by atoms with Gasteiger partial charge in [0.1, 0.15) is 0 Å². The van der Waals surface area contributed by atoms with Gasteiger partial charge in [0.25, 0.3) is 0 Å². The van der Waals surface area contributed by atoms with Crippen molar-refractivity contribution in [3.05, 3.63) is 18.0 Å². The SMILES string of the molecule is CN=C(NCC1(CO)CCOCC1)N(C)Cc1cnn(C)c1.I. The smallest absolute Gasteiger partial charge is 0.193 e. The first-order valence-electron chi connectivity index (χ1n) is 7.66. The Bertz CT molecular complexity index is 500. The molecule has 0 aliphatic carbocycles. The van der Waals surface area contributed by atoms with Crippen molar-refractivity contribution in [2.45, 2.75) is 19.4 Å². The molecule has 1 aliphatic heterocycles. The normalized spacial score (nSPS) is 17.5. The second-order valence-electron chi connectivity index (χ2n) is 6.05. The highest BCUT2D eigenvalue weighted by molar-refractivity contribution is 14.0. The van der Waals surface area contributed by atoms with E-state index in [1.54, 1.807) is 11.7 Å². The summed E-state index contributed by atoms with van der Waals surface area (Å²) in [4.78, 5) is 6.39. The van der Waals surface area contributed by atoms with E-state index in [0.717, 1.165) is 30.9 Å². The van der Waals surface area contributed by atoms with Crippen LogP contribution in [-0.2, 0) is 18.3 Å². The van der Waals surface area contributed by atoms with Gasteiger partial charge >= 0.3 is 0 Å². The Labute approximate surface area is 155 Å². The fourth-order valence-electron chi connectivity index (χ4n) is 2.75. The molecule has 7 nitrogen and oxygen atoms in total. The summed E-state index contributed by atoms with van der Waals surface area (Å²) < 4.78 is 7.19. The summed E-state index contributed by atoms with van der Waals surface area (Å²) in [6, 6.07) is 0. The Kier molecular flexibility index (Phi) is 8.27. The first kappa shape index (κ1) is 20.2. The molecule has 0 unspecified atom stereocenters. The molecule has 2 heterocycles. The lowest BCUT2D eigenvalue weighted by Gasteiger charge is -2.36. The van der Waals surface area contributed by atoms with Gasteiger partial charge in [-0.15, -0.1) is 24.0 Å². The minimum atomic E-state index is -0.108. The number of aliphatic hydroxyl groups is 1. The van der Waals surface area contributed by atoms with Gasteiger partial charge in [-0.25, -0.2) is 0 Å². The summed E-state index contributed by atoms with van der Waals surface area (Å²) in [7, 11) is 5.68. The van der Waals surface area contributed by atoms with Crippen molar-refractivity contribution in [2.75, 3.05) is 40.5 Å². The van der Waals surface area contributed by atoms with Gasteiger partial charge in [0.15, 0.2) is 5.96 Å². The van der Waals surface area contributed by atoms with Crippen LogP contribution in [-0.4, -0.2) is 66.2 Å². The molecule has 0 radical (unpaired) electrons. The third-order valence-corrected chi connectivity index (χ3v) is 4.26. The van der Waals surface area contributed by atoms with Crippen LogP contribution in [0, 0.1) is 5.41 Å². The summed E-state index contributed by atoms with van der Waals surface area (Å²) in [5, 5.41) is 17.3. The highest BCUT2D eigenvalue weighted by atomic mass is 127. The number of nitrogens with zero attached hydrogens (tertiary/aromatic N) is 4. The van der Waals surface area contributed by atoms with Gasteiger partial charge in [-0.2, -0.15) is 5.10 Å². The number of aliphatic imine (C=N–C) groups is 1. The lowest BCUT2D eigenvalue weighted by Crippen LogP contribution is -2.47. The topological polar surface area (TPSA) is 74.9 Å². The molecular weight excluding hydrogens is 409 g/mol. The summed E-state index contributed by atoms with van der Waals surface area (Å²) in [6.07, 6.45) is 5.61. The lowest BCUT2D eigenvalue weighted by molar-refractivity contribution is -0.0134. The predicted octanol–water partition coefficient (Wildman–Crippen LogP) is 0.834. The average molecular weight is 437 g/mol. The zero-order valence-electron chi connectivity index (χ0n) is 14.2. The van der Waals surface area contributed by atoms with E-state index in [1.165, 1.54) is 0 Å². The molecule has 0 aromatic carbocycles. The molecule has 1 aliphatic rings. The number of aliphatic hydroxyl groups excluding tert-OH is 1. The van der Waals surface area contributed by atoms with Crippen molar-refractivity contribution in [3.63, 3.8) is 0 Å². The molecule has 0 spiro atoms. The monoisotopic (exact) mass is 437 g/mol. The molecule has 23 heavy (non-hydrogen) atoms. The number of hydrogen-bond acceptors (Lipinski definition) is 4. The molecule has 0 amide bonds. The van der Waals surface area contributed by atoms with Gasteiger partial charge in [0.2, 0.25) is 0 Å². The number of aryl methyl sites for hydroxylation is 1. The molecule has 0 saturated carbocycles. The molecule has 132 valence electrons. The van der Waals surface area contributed by atoms with Crippen molar-refractivity contribution in [3.8, 4) is 0 Å². The highest BCUT2D eigenvalue weighted by Gasteiger charge is 2.32. The van der Waals surface area contributed by atoms with Crippen molar-refractivity contribution in [2.24, 2.45) is 17.5 Å². The maximum atomic E-state index is 9.74. The Hall–Kier alpha value is -0.870. The minimum Gasteiger partial charge on any atom is -0.396 e. The molecule has 1 fully saturated rings. The highest BCUT2D eigenvalue weighted by Crippen LogP contribution is 2.29. The quantitative estimate of drug-likeness (QED) is 0.406. The van der Waals surface area contributed by atoms with Crippen LogP contribution in [0.1, 0.15) is 18.4 Å². The Morgan fingerprint density at radius 1 is 1.52 bits per heavy atom. The Morgan fingerprint density at radius 2 is 2.22 bits per heavy atom. The number of guanidine groups is 1. The number of halogens is 1. The van der Waals surface area contributed by atoms with Crippen LogP contribution >= 0.6 is 24.0 Å². The molecule has 0 atom stereocenters. The first-order chi connectivity index (χ1) is 10.6. The fraction of sp³-hybridized carbons (Fsp3) is 0.733. The molecule has 1 aromatic rings. The average Bonchev–Trinajstić information content (AvgIpc) is 2.94. The summed E-state index contributed by atoms with van der Waals surface area (Å²) in [5.41, 5.74) is 1.03. The van der Waals surface area contributed by atoms with E-state index >= 15 is 0 Å². The maximum absolute atomic E-state index is 9.74. The Balaban J connectivity index is 0.00000264. The van der Waals surface area contributed by atoms with Crippen LogP contribution in [0.2, 0.25) is 0 Å². The molecule has 2 N–H and O–H groups in total. The molecule has 1 aromatic heterocycles. The molecule has 1 saturated heterocycles. The van der Waals surface area contributed by atoms with E-state index in [9.17, 15) is 5.11 Å². The summed E-state index contributed by atoms with van der Waals surface area (Å²) in [6.45, 7) is 3.05. The van der Waals surface area contributed by atoms with Crippen LogP contribution in [0.25, 0.3) is 0 Å². The number of rotatable bonds is 5. The molecule has 0 bridgehead atoms. The van der Waals surface area contributed by atoms with Gasteiger partial charge in [0, 0.05) is 64.6 Å². The van der Waals surface area contributed by atoms with E-state index in [2.05, 4.69) is 20.3 Å². The fourth-order valence-corrected chi connectivity index (χ4v) is 2.75. The van der Waals surface area contributed by atoms with E-state index in [1.807, 2.05) is 26.5 Å². The summed E-state index contributed by atoms with van der Waals surface area (Å²) in [5.74, 6) is 0.822. The van der Waals surface area contributed by atoms with E-state index < -0.39 is 0 Å². The maximum Gasteiger partial charge on any atom is 0.193 e. The Morgan fingerprint density at radius 3 is 2.74 bits per heavy atom. The number of hydrogen-bond donors (Lipinski definition) is 2. The lowest BCUT2D eigenvalue weighted by atomic mass is 9.81. The van der Waals surface area contributed by atoms with Crippen molar-refractivity contribution < 1.29 is 9.84 Å². The van der Waals surface area contributed by atoms with E-state index in [0.29, 0.717) is 19.8 Å². The van der Waals surface area contributed by atoms with Gasteiger partial charge < -0.3 is 20.1 Å². The van der Waals surface area contributed by atoms with Crippen molar-refractivity contribution in [1.29, 1.82) is 0 Å². The van der Waals surface area contributed by atoms with E-state index in [4.69, 9.17) is 4.74 Å². The second kappa shape index (κ2) is 9.43. The molecular formula is C15H28IN5O2. The number of ether oxygens (including phenoxy) is 1. The molecule has 8 heteroatoms. The minimum absolute atomic E-state index is 0. The van der Waals surface area contributed by atoms with Gasteiger partial charge in [-0.1, -0.05) is 0 Å². The van der Waals surface area contributed by atoms with E-state index in [-0.39, 0.29) is 36.0 Å². The third kappa shape index (κ3) is 5.61. The molecule has 2 rings (SSSR count). The standard InChI is InChI=1S/C15H27N5O2.HI/c1-16-14(19(2)9-13-8-18-20(3)10-13)17-11-15(12-21)4-6-22-7-5-15;/h8,10,21H,4-7,9,11-12H2,1-3H3,(H,16,17);1H. The second-order valence-corrected chi connectivity index (χ2v) is 6.05. The van der Waals surface area contributed by atoms with Crippen LogP contribution in [0.15, 0.2) is 17.4 Å².